The molecule has 0 aliphatic carbocycles. The summed E-state index contributed by atoms with van der Waals surface area (Å²) in [4.78, 5) is 22.0. The number of amides is 1. The lowest BCUT2D eigenvalue weighted by Crippen LogP contribution is -2.33. The summed E-state index contributed by atoms with van der Waals surface area (Å²) >= 11 is 1.51. The third-order valence-corrected chi connectivity index (χ3v) is 7.01. The number of aromatic nitrogens is 1. The Bertz CT molecular complexity index is 1140. The summed E-state index contributed by atoms with van der Waals surface area (Å²) in [7, 11) is 0.694. The van der Waals surface area contributed by atoms with Crippen molar-refractivity contribution in [3.05, 3.63) is 53.6 Å². The lowest BCUT2D eigenvalue weighted by Gasteiger charge is -2.21. The van der Waals surface area contributed by atoms with Crippen LogP contribution in [0.1, 0.15) is 29.3 Å². The molecule has 3 rings (SSSR count). The van der Waals surface area contributed by atoms with E-state index in [-0.39, 0.29) is 10.8 Å². The van der Waals surface area contributed by atoms with Crippen molar-refractivity contribution in [1.29, 1.82) is 0 Å². The molecule has 3 aromatic rings. The van der Waals surface area contributed by atoms with Crippen molar-refractivity contribution in [2.75, 3.05) is 38.3 Å². The number of carbonyl (C=O) groups is 1. The minimum atomic E-state index is -3.31. The first kappa shape index (κ1) is 22.4. The van der Waals surface area contributed by atoms with Gasteiger partial charge in [0.15, 0.2) is 15.0 Å². The van der Waals surface area contributed by atoms with Crippen molar-refractivity contribution in [3.8, 4) is 0 Å². The standard InChI is InChI=1S/C22H27N3O3S2/c1-5-16-7-12-19-20(15-16)29-22(23-19)25(14-6-13-24(2)3)21(26)17-8-10-18(11-9-17)30(4,27)28/h7-12,15H,5-6,13-14H2,1-4H3. The second kappa shape index (κ2) is 9.24. The van der Waals surface area contributed by atoms with E-state index in [0.29, 0.717) is 17.2 Å². The van der Waals surface area contributed by atoms with Crippen molar-refractivity contribution >= 4 is 42.4 Å². The third kappa shape index (κ3) is 5.24. The van der Waals surface area contributed by atoms with Gasteiger partial charge in [0.25, 0.3) is 5.91 Å². The van der Waals surface area contributed by atoms with Crippen molar-refractivity contribution < 1.29 is 13.2 Å². The summed E-state index contributed by atoms with van der Waals surface area (Å²) in [5, 5.41) is 0.661. The van der Waals surface area contributed by atoms with Gasteiger partial charge in [-0.1, -0.05) is 24.3 Å². The zero-order chi connectivity index (χ0) is 21.9. The van der Waals surface area contributed by atoms with Gasteiger partial charge in [0.2, 0.25) is 0 Å². The van der Waals surface area contributed by atoms with Crippen molar-refractivity contribution in [1.82, 2.24) is 9.88 Å². The molecule has 0 saturated heterocycles. The molecule has 30 heavy (non-hydrogen) atoms. The predicted molar refractivity (Wildman–Crippen MR) is 123 cm³/mol. The molecule has 8 heteroatoms. The zero-order valence-electron chi connectivity index (χ0n) is 17.8. The van der Waals surface area contributed by atoms with Gasteiger partial charge >= 0.3 is 0 Å². The number of hydrogen-bond acceptors (Lipinski definition) is 6. The Morgan fingerprint density at radius 1 is 1.07 bits per heavy atom. The molecule has 1 aromatic heterocycles. The quantitative estimate of drug-likeness (QED) is 0.527. The van der Waals surface area contributed by atoms with Crippen LogP contribution in [0.3, 0.4) is 0 Å². The molecule has 0 radical (unpaired) electrons. The summed E-state index contributed by atoms with van der Waals surface area (Å²) in [6.07, 6.45) is 2.90. The van der Waals surface area contributed by atoms with E-state index in [4.69, 9.17) is 4.98 Å². The van der Waals surface area contributed by atoms with Crippen LogP contribution in [0.5, 0.6) is 0 Å². The summed E-state index contributed by atoms with van der Waals surface area (Å²) in [5.41, 5.74) is 2.56. The minimum Gasteiger partial charge on any atom is -0.309 e. The maximum absolute atomic E-state index is 13.3. The molecule has 0 unspecified atom stereocenters. The number of rotatable bonds is 8. The third-order valence-electron chi connectivity index (χ3n) is 4.84. The summed E-state index contributed by atoms with van der Waals surface area (Å²) in [6, 6.07) is 12.3. The van der Waals surface area contributed by atoms with Crippen molar-refractivity contribution in [2.24, 2.45) is 0 Å². The Balaban J connectivity index is 1.94. The summed E-state index contributed by atoms with van der Waals surface area (Å²) in [5.74, 6) is -0.177. The van der Waals surface area contributed by atoms with E-state index in [1.54, 1.807) is 17.0 Å². The monoisotopic (exact) mass is 445 g/mol. The van der Waals surface area contributed by atoms with Gasteiger partial charge in [-0.05, 0) is 75.4 Å². The molecule has 0 aliphatic rings. The number of anilines is 1. The van der Waals surface area contributed by atoms with Gasteiger partial charge in [-0.15, -0.1) is 0 Å². The van der Waals surface area contributed by atoms with Gasteiger partial charge in [0, 0.05) is 18.4 Å². The van der Waals surface area contributed by atoms with Crippen LogP contribution in [0.25, 0.3) is 10.2 Å². The smallest absolute Gasteiger partial charge is 0.260 e. The summed E-state index contributed by atoms with van der Waals surface area (Å²) < 4.78 is 24.5. The molecule has 0 aliphatic heterocycles. The van der Waals surface area contributed by atoms with Crippen molar-refractivity contribution in [2.45, 2.75) is 24.7 Å². The molecule has 0 N–H and O–H groups in total. The normalized spacial score (nSPS) is 11.9. The van der Waals surface area contributed by atoms with Gasteiger partial charge in [-0.3, -0.25) is 9.69 Å². The topological polar surface area (TPSA) is 70.6 Å². The first-order chi connectivity index (χ1) is 14.2. The number of aryl methyl sites for hydroxylation is 1. The Morgan fingerprint density at radius 2 is 1.77 bits per heavy atom. The molecule has 0 fully saturated rings. The molecular weight excluding hydrogens is 418 g/mol. The number of carbonyl (C=O) groups excluding carboxylic acids is 1. The van der Waals surface area contributed by atoms with Crippen LogP contribution >= 0.6 is 11.3 Å². The minimum absolute atomic E-state index is 0.177. The molecule has 0 bridgehead atoms. The molecule has 1 amide bonds. The van der Waals surface area contributed by atoms with E-state index in [1.807, 2.05) is 20.2 Å². The number of hydrogen-bond donors (Lipinski definition) is 0. The number of fused-ring (bicyclic) bond motifs is 1. The first-order valence-corrected chi connectivity index (χ1v) is 12.6. The number of nitrogens with zero attached hydrogens (tertiary/aromatic N) is 3. The van der Waals surface area contributed by atoms with Crippen LogP contribution in [0, 0.1) is 0 Å². The van der Waals surface area contributed by atoms with E-state index in [9.17, 15) is 13.2 Å². The van der Waals surface area contributed by atoms with Crippen LogP contribution in [0.2, 0.25) is 0 Å². The molecular formula is C22H27N3O3S2. The highest BCUT2D eigenvalue weighted by Gasteiger charge is 2.22. The SMILES string of the molecule is CCc1ccc2nc(N(CCCN(C)C)C(=O)c3ccc(S(C)(=O)=O)cc3)sc2c1. The lowest BCUT2D eigenvalue weighted by atomic mass is 10.2. The number of sulfone groups is 1. The predicted octanol–water partition coefficient (Wildman–Crippen LogP) is 3.86. The average molecular weight is 446 g/mol. The fraction of sp³-hybridized carbons (Fsp3) is 0.364. The van der Waals surface area contributed by atoms with E-state index >= 15 is 0 Å². The molecule has 0 atom stereocenters. The highest BCUT2D eigenvalue weighted by Crippen LogP contribution is 2.31. The highest BCUT2D eigenvalue weighted by molar-refractivity contribution is 7.90. The summed E-state index contributed by atoms with van der Waals surface area (Å²) in [6.45, 7) is 3.49. The average Bonchev–Trinajstić information content (AvgIpc) is 3.12. The van der Waals surface area contributed by atoms with Gasteiger partial charge in [0.1, 0.15) is 0 Å². The maximum atomic E-state index is 13.3. The Kier molecular flexibility index (Phi) is 6.90. The van der Waals surface area contributed by atoms with E-state index in [2.05, 4.69) is 24.0 Å². The van der Waals surface area contributed by atoms with Gasteiger partial charge in [-0.25, -0.2) is 13.4 Å². The van der Waals surface area contributed by atoms with Crippen LogP contribution in [0.15, 0.2) is 47.4 Å². The largest absolute Gasteiger partial charge is 0.309 e. The molecule has 160 valence electrons. The molecule has 6 nitrogen and oxygen atoms in total. The van der Waals surface area contributed by atoms with Gasteiger partial charge in [-0.2, -0.15) is 0 Å². The second-order valence-corrected chi connectivity index (χ2v) is 10.6. The zero-order valence-corrected chi connectivity index (χ0v) is 19.4. The van der Waals surface area contributed by atoms with Crippen LogP contribution in [0.4, 0.5) is 5.13 Å². The maximum Gasteiger partial charge on any atom is 0.260 e. The van der Waals surface area contributed by atoms with Crippen LogP contribution < -0.4 is 4.90 Å². The molecule has 1 heterocycles. The van der Waals surface area contributed by atoms with Crippen molar-refractivity contribution in [3.63, 3.8) is 0 Å². The fourth-order valence-corrected chi connectivity index (χ4v) is 4.81. The van der Waals surface area contributed by atoms with Gasteiger partial charge in [0.05, 0.1) is 15.1 Å². The number of benzene rings is 2. The Hall–Kier alpha value is -2.29. The fourth-order valence-electron chi connectivity index (χ4n) is 3.12. The lowest BCUT2D eigenvalue weighted by molar-refractivity contribution is 0.0986. The highest BCUT2D eigenvalue weighted by atomic mass is 32.2. The van der Waals surface area contributed by atoms with Crippen LogP contribution in [-0.2, 0) is 16.3 Å². The van der Waals surface area contributed by atoms with E-state index < -0.39 is 9.84 Å². The van der Waals surface area contributed by atoms with E-state index in [1.165, 1.54) is 29.0 Å². The Labute approximate surface area is 182 Å². The molecule has 2 aromatic carbocycles. The number of thiazole rings is 1. The van der Waals surface area contributed by atoms with Gasteiger partial charge < -0.3 is 4.90 Å². The second-order valence-electron chi connectivity index (χ2n) is 7.56. The Morgan fingerprint density at radius 3 is 2.37 bits per heavy atom. The van der Waals surface area contributed by atoms with Crippen LogP contribution in [-0.4, -0.2) is 57.6 Å². The van der Waals surface area contributed by atoms with E-state index in [0.717, 1.165) is 35.9 Å². The first-order valence-electron chi connectivity index (χ1n) is 9.85. The molecule has 0 spiro atoms. The molecule has 0 saturated carbocycles.